The Balaban J connectivity index is 1.48. The Kier molecular flexibility index (Phi) is 3.65. The lowest BCUT2D eigenvalue weighted by Crippen LogP contribution is -2.26. The lowest BCUT2D eigenvalue weighted by Gasteiger charge is -2.22. The van der Waals surface area contributed by atoms with E-state index in [2.05, 4.69) is 28.2 Å². The van der Waals surface area contributed by atoms with Crippen molar-refractivity contribution >= 4 is 39.4 Å². The number of aromatic nitrogens is 4. The molecule has 3 aromatic heterocycles. The van der Waals surface area contributed by atoms with Gasteiger partial charge in [-0.05, 0) is 49.3 Å². The molecule has 1 fully saturated rings. The van der Waals surface area contributed by atoms with Crippen LogP contribution in [0.1, 0.15) is 23.9 Å². The molecule has 0 aliphatic carbocycles. The number of benzene rings is 1. The Bertz CT molecular complexity index is 1080. The Labute approximate surface area is 154 Å². The van der Waals surface area contributed by atoms with Crippen molar-refractivity contribution in [1.82, 2.24) is 24.1 Å². The van der Waals surface area contributed by atoms with Gasteiger partial charge < -0.3 is 0 Å². The molecular formula is C18H17N5S2. The minimum atomic E-state index is 0.351. The lowest BCUT2D eigenvalue weighted by atomic mass is 10.2. The Morgan fingerprint density at radius 3 is 2.92 bits per heavy atom. The fraction of sp³-hybridized carbons (Fsp3) is 0.278. The minimum absolute atomic E-state index is 0.351. The summed E-state index contributed by atoms with van der Waals surface area (Å²) in [6, 6.07) is 14.7. The standard InChI is InChI=1S/C18H17N5S2/c24-18-22-11-4-3-9-16(22)20-23(18)12-21-10-5-7-14(21)17-19-13-6-1-2-8-15(13)25-17/h1-4,6,8-9,11,14H,5,7,10,12H2/t14-/m0/s1. The van der Waals surface area contributed by atoms with E-state index in [1.54, 1.807) is 11.3 Å². The maximum Gasteiger partial charge on any atom is 0.203 e. The van der Waals surface area contributed by atoms with Gasteiger partial charge in [0.1, 0.15) is 5.01 Å². The molecule has 4 aromatic rings. The molecule has 4 heterocycles. The fourth-order valence-electron chi connectivity index (χ4n) is 3.54. The van der Waals surface area contributed by atoms with Crippen molar-refractivity contribution in [3.05, 3.63) is 58.4 Å². The number of thiazole rings is 1. The van der Waals surface area contributed by atoms with Crippen LogP contribution in [-0.2, 0) is 6.67 Å². The number of nitrogens with zero attached hydrogens (tertiary/aromatic N) is 5. The maximum absolute atomic E-state index is 5.59. The molecule has 126 valence electrons. The second-order valence-electron chi connectivity index (χ2n) is 6.34. The SMILES string of the molecule is S=c1n(CN2CCC[C@H]2c2nc3ccccc3s2)nc2ccccn12. The number of fused-ring (bicyclic) bond motifs is 2. The van der Waals surface area contributed by atoms with Gasteiger partial charge in [-0.25, -0.2) is 9.67 Å². The van der Waals surface area contributed by atoms with Crippen molar-refractivity contribution in [3.63, 3.8) is 0 Å². The molecule has 0 amide bonds. The summed E-state index contributed by atoms with van der Waals surface area (Å²) in [5.41, 5.74) is 1.99. The molecule has 1 atom stereocenters. The molecule has 5 rings (SSSR count). The average molecular weight is 368 g/mol. The van der Waals surface area contributed by atoms with Crippen molar-refractivity contribution in [2.24, 2.45) is 0 Å². The first-order valence-electron chi connectivity index (χ1n) is 8.43. The average Bonchev–Trinajstić information content (AvgIpc) is 3.33. The molecule has 0 saturated carbocycles. The van der Waals surface area contributed by atoms with Crippen molar-refractivity contribution in [1.29, 1.82) is 0 Å². The van der Waals surface area contributed by atoms with Gasteiger partial charge in [0.05, 0.1) is 22.9 Å². The van der Waals surface area contributed by atoms with Crippen LogP contribution in [0.15, 0.2) is 48.7 Å². The second kappa shape index (κ2) is 6.01. The number of likely N-dealkylation sites (tertiary alicyclic amines) is 1. The zero-order chi connectivity index (χ0) is 16.8. The highest BCUT2D eigenvalue weighted by molar-refractivity contribution is 7.71. The Morgan fingerprint density at radius 2 is 2.04 bits per heavy atom. The molecule has 1 saturated heterocycles. The van der Waals surface area contributed by atoms with E-state index in [0.29, 0.717) is 12.7 Å². The highest BCUT2D eigenvalue weighted by Gasteiger charge is 2.29. The van der Waals surface area contributed by atoms with E-state index in [4.69, 9.17) is 17.2 Å². The van der Waals surface area contributed by atoms with Crippen molar-refractivity contribution < 1.29 is 0 Å². The predicted octanol–water partition coefficient (Wildman–Crippen LogP) is 4.27. The van der Waals surface area contributed by atoms with Crippen LogP contribution in [0.25, 0.3) is 15.9 Å². The molecule has 0 unspecified atom stereocenters. The van der Waals surface area contributed by atoms with Crippen molar-refractivity contribution in [3.8, 4) is 0 Å². The summed E-state index contributed by atoms with van der Waals surface area (Å²) >= 11 is 7.40. The largest absolute Gasteiger partial charge is 0.275 e. The third kappa shape index (κ3) is 2.59. The normalized spacial score (nSPS) is 18.5. The van der Waals surface area contributed by atoms with Crippen molar-refractivity contribution in [2.75, 3.05) is 6.54 Å². The summed E-state index contributed by atoms with van der Waals surface area (Å²) < 4.78 is 5.88. The van der Waals surface area contributed by atoms with Gasteiger partial charge in [0.15, 0.2) is 5.65 Å². The van der Waals surface area contributed by atoms with Crippen LogP contribution >= 0.6 is 23.6 Å². The van der Waals surface area contributed by atoms with Gasteiger partial charge in [0.2, 0.25) is 4.77 Å². The highest BCUT2D eigenvalue weighted by Crippen LogP contribution is 2.36. The third-order valence-corrected chi connectivity index (χ3v) is 6.31. The fourth-order valence-corrected chi connectivity index (χ4v) is 4.93. The smallest absolute Gasteiger partial charge is 0.203 e. The van der Waals surface area contributed by atoms with E-state index in [-0.39, 0.29) is 0 Å². The van der Waals surface area contributed by atoms with Gasteiger partial charge in [-0.2, -0.15) is 5.10 Å². The van der Waals surface area contributed by atoms with Gasteiger partial charge >= 0.3 is 0 Å². The van der Waals surface area contributed by atoms with Gasteiger partial charge in [-0.15, -0.1) is 11.3 Å². The molecule has 1 aromatic carbocycles. The predicted molar refractivity (Wildman–Crippen MR) is 102 cm³/mol. The van der Waals surface area contributed by atoms with Gasteiger partial charge in [0.25, 0.3) is 0 Å². The summed E-state index contributed by atoms with van der Waals surface area (Å²) in [5, 5.41) is 5.87. The van der Waals surface area contributed by atoms with Crippen LogP contribution in [0, 0.1) is 4.77 Å². The molecule has 1 aliphatic heterocycles. The van der Waals surface area contributed by atoms with Crippen LogP contribution in [0.5, 0.6) is 0 Å². The van der Waals surface area contributed by atoms with Gasteiger partial charge in [-0.1, -0.05) is 18.2 Å². The topological polar surface area (TPSA) is 38.4 Å². The van der Waals surface area contributed by atoms with E-state index < -0.39 is 0 Å². The molecule has 0 radical (unpaired) electrons. The molecule has 7 heteroatoms. The zero-order valence-corrected chi connectivity index (χ0v) is 15.2. The molecule has 25 heavy (non-hydrogen) atoms. The van der Waals surface area contributed by atoms with Crippen LogP contribution in [-0.4, -0.2) is 30.6 Å². The number of para-hydroxylation sites is 1. The van der Waals surface area contributed by atoms with Crippen LogP contribution < -0.4 is 0 Å². The van der Waals surface area contributed by atoms with E-state index in [1.165, 1.54) is 16.1 Å². The molecule has 5 nitrogen and oxygen atoms in total. The summed E-state index contributed by atoms with van der Waals surface area (Å²) in [6.45, 7) is 1.76. The first-order chi connectivity index (χ1) is 12.3. The number of rotatable bonds is 3. The number of pyridine rings is 1. The van der Waals surface area contributed by atoms with Crippen LogP contribution in [0.4, 0.5) is 0 Å². The second-order valence-corrected chi connectivity index (χ2v) is 7.77. The first-order valence-corrected chi connectivity index (χ1v) is 9.66. The van der Waals surface area contributed by atoms with E-state index >= 15 is 0 Å². The maximum atomic E-state index is 5.59. The molecule has 0 N–H and O–H groups in total. The first kappa shape index (κ1) is 15.2. The summed E-state index contributed by atoms with van der Waals surface area (Å²) in [4.78, 5) is 7.31. The molecular weight excluding hydrogens is 350 g/mol. The zero-order valence-electron chi connectivity index (χ0n) is 13.6. The van der Waals surface area contributed by atoms with E-state index in [9.17, 15) is 0 Å². The minimum Gasteiger partial charge on any atom is -0.275 e. The number of hydrogen-bond donors (Lipinski definition) is 0. The van der Waals surface area contributed by atoms with Crippen LogP contribution in [0.2, 0.25) is 0 Å². The van der Waals surface area contributed by atoms with Crippen molar-refractivity contribution in [2.45, 2.75) is 25.6 Å². The highest BCUT2D eigenvalue weighted by atomic mass is 32.1. The quantitative estimate of drug-likeness (QED) is 0.507. The molecule has 1 aliphatic rings. The third-order valence-electron chi connectivity index (χ3n) is 4.76. The molecule has 0 bridgehead atoms. The Morgan fingerprint density at radius 1 is 1.16 bits per heavy atom. The summed E-state index contributed by atoms with van der Waals surface area (Å²) in [6.07, 6.45) is 4.29. The summed E-state index contributed by atoms with van der Waals surface area (Å²) in [5.74, 6) is 0. The Hall–Kier alpha value is -2.09. The monoisotopic (exact) mass is 367 g/mol. The summed E-state index contributed by atoms with van der Waals surface area (Å²) in [7, 11) is 0. The van der Waals surface area contributed by atoms with Gasteiger partial charge in [-0.3, -0.25) is 9.30 Å². The molecule has 0 spiro atoms. The van der Waals surface area contributed by atoms with Gasteiger partial charge in [0, 0.05) is 12.7 Å². The lowest BCUT2D eigenvalue weighted by molar-refractivity contribution is 0.190. The van der Waals surface area contributed by atoms with E-state index in [0.717, 1.165) is 28.9 Å². The number of hydrogen-bond acceptors (Lipinski definition) is 5. The van der Waals surface area contributed by atoms with Crippen LogP contribution in [0.3, 0.4) is 0 Å². The van der Waals surface area contributed by atoms with E-state index in [1.807, 2.05) is 39.5 Å².